The predicted molar refractivity (Wildman–Crippen MR) is 156 cm³/mol. The summed E-state index contributed by atoms with van der Waals surface area (Å²) in [5.41, 5.74) is 4.90. The summed E-state index contributed by atoms with van der Waals surface area (Å²) in [6.07, 6.45) is 5.23. The van der Waals surface area contributed by atoms with Gasteiger partial charge in [0.05, 0.1) is 17.8 Å². The number of hydrogen-bond donors (Lipinski definition) is 5. The van der Waals surface area contributed by atoms with Crippen LogP contribution in [0.15, 0.2) is 78.4 Å². The molecule has 2 amide bonds. The maximum Gasteiger partial charge on any atom is 0.488 e. The first-order chi connectivity index (χ1) is 20.2. The Morgan fingerprint density at radius 2 is 1.62 bits per heavy atom. The number of unbranched alkanes of at least 4 members (excludes halogenated alkanes) is 2. The molecule has 2 aromatic heterocycles. The summed E-state index contributed by atoms with van der Waals surface area (Å²) in [7, 11) is -1.82. The number of fused-ring (bicyclic) bond motifs is 1. The fourth-order valence-electron chi connectivity index (χ4n) is 3.64. The molecule has 5 N–H and O–H groups in total. The van der Waals surface area contributed by atoms with Crippen molar-refractivity contribution in [1.29, 1.82) is 0 Å². The van der Waals surface area contributed by atoms with Gasteiger partial charge >= 0.3 is 18.9 Å². The SMILES string of the molecule is CCCCC#Cc1ccc(C(=O)N/N=C/c2cc(/C=N/NC(=O)c3cc(=O)c4ccc(O)cc4o3)cc(B(O)O)c2)o1. The lowest BCUT2D eigenvalue weighted by atomic mass is 9.79. The number of phenols is 1. The standard InChI is InChI=1S/C29H25BN4O8/c1-2-3-4-5-6-22-8-10-25(41-22)28(37)33-31-16-18-11-19(13-20(12-18)30(39)40)17-32-34-29(38)27-15-24(36)23-9-7-21(35)14-26(23)42-27/h7-17,35,39-40H,2-4H2,1H3,(H,33,37)(H,34,38)/b31-16+,32-17+. The molecule has 212 valence electrons. The van der Waals surface area contributed by atoms with Gasteiger partial charge in [-0.25, -0.2) is 10.9 Å². The third-order valence-electron chi connectivity index (χ3n) is 5.69. The minimum Gasteiger partial charge on any atom is -0.508 e. The van der Waals surface area contributed by atoms with Gasteiger partial charge in [0.25, 0.3) is 0 Å². The first-order valence-electron chi connectivity index (χ1n) is 12.8. The zero-order valence-electron chi connectivity index (χ0n) is 22.3. The Balaban J connectivity index is 1.42. The number of amides is 2. The second-order valence-corrected chi connectivity index (χ2v) is 8.93. The molecule has 0 fully saturated rings. The quantitative estimate of drug-likeness (QED) is 0.0665. The number of hydrogen-bond acceptors (Lipinski definition) is 10. The highest BCUT2D eigenvalue weighted by molar-refractivity contribution is 6.58. The number of hydrazone groups is 2. The van der Waals surface area contributed by atoms with Crippen LogP contribution in [0.1, 0.15) is 64.2 Å². The molecule has 2 heterocycles. The highest BCUT2D eigenvalue weighted by Crippen LogP contribution is 2.18. The van der Waals surface area contributed by atoms with E-state index in [2.05, 4.69) is 39.8 Å². The van der Waals surface area contributed by atoms with Gasteiger partial charge in [-0.2, -0.15) is 10.2 Å². The largest absolute Gasteiger partial charge is 0.508 e. The predicted octanol–water partition coefficient (Wildman–Crippen LogP) is 1.84. The van der Waals surface area contributed by atoms with Gasteiger partial charge in [-0.1, -0.05) is 31.4 Å². The van der Waals surface area contributed by atoms with Crippen molar-refractivity contribution in [2.45, 2.75) is 26.2 Å². The number of phenolic OH excluding ortho intramolecular Hbond substituents is 1. The molecule has 0 aliphatic carbocycles. The third-order valence-corrected chi connectivity index (χ3v) is 5.69. The molecule has 0 unspecified atom stereocenters. The lowest BCUT2D eigenvalue weighted by molar-refractivity contribution is 0.0920. The van der Waals surface area contributed by atoms with Gasteiger partial charge in [-0.3, -0.25) is 14.4 Å². The average molecular weight is 568 g/mol. The lowest BCUT2D eigenvalue weighted by Crippen LogP contribution is -2.30. The fraction of sp³-hybridized carbons (Fsp3) is 0.138. The third kappa shape index (κ3) is 7.82. The monoisotopic (exact) mass is 568 g/mol. The van der Waals surface area contributed by atoms with E-state index in [0.29, 0.717) is 16.9 Å². The molecular weight excluding hydrogens is 543 g/mol. The van der Waals surface area contributed by atoms with Crippen LogP contribution in [0.5, 0.6) is 5.75 Å². The number of nitrogens with one attached hydrogen (secondary N) is 2. The van der Waals surface area contributed by atoms with Gasteiger partial charge in [0.2, 0.25) is 0 Å². The minimum absolute atomic E-state index is 0.0223. The van der Waals surface area contributed by atoms with Crippen molar-refractivity contribution in [2.75, 3.05) is 0 Å². The first-order valence-corrected chi connectivity index (χ1v) is 12.8. The fourth-order valence-corrected chi connectivity index (χ4v) is 3.64. The molecule has 2 aromatic carbocycles. The van der Waals surface area contributed by atoms with Crippen LogP contribution in [0.3, 0.4) is 0 Å². The smallest absolute Gasteiger partial charge is 0.488 e. The number of furan rings is 1. The van der Waals surface area contributed by atoms with E-state index < -0.39 is 24.4 Å². The van der Waals surface area contributed by atoms with Gasteiger partial charge in [0.1, 0.15) is 11.3 Å². The maximum absolute atomic E-state index is 12.5. The number of benzene rings is 2. The van der Waals surface area contributed by atoms with E-state index in [9.17, 15) is 29.5 Å². The zero-order valence-corrected chi connectivity index (χ0v) is 22.3. The Bertz CT molecular complexity index is 1800. The molecule has 0 saturated heterocycles. The molecule has 0 radical (unpaired) electrons. The molecule has 4 aromatic rings. The summed E-state index contributed by atoms with van der Waals surface area (Å²) in [5.74, 6) is 4.32. The van der Waals surface area contributed by atoms with Crippen LogP contribution in [0.25, 0.3) is 11.0 Å². The van der Waals surface area contributed by atoms with E-state index >= 15 is 0 Å². The van der Waals surface area contributed by atoms with Crippen LogP contribution in [0, 0.1) is 11.8 Å². The van der Waals surface area contributed by atoms with Gasteiger partial charge in [0, 0.05) is 18.6 Å². The summed E-state index contributed by atoms with van der Waals surface area (Å²) in [6, 6.07) is 12.4. The van der Waals surface area contributed by atoms with Gasteiger partial charge in [0.15, 0.2) is 22.7 Å². The number of nitrogens with zero attached hydrogens (tertiary/aromatic N) is 2. The molecule has 0 saturated carbocycles. The van der Waals surface area contributed by atoms with Crippen molar-refractivity contribution in [3.8, 4) is 17.6 Å². The summed E-state index contributed by atoms with van der Waals surface area (Å²) < 4.78 is 10.8. The average Bonchev–Trinajstić information content (AvgIpc) is 3.44. The topological polar surface area (TPSA) is 187 Å². The van der Waals surface area contributed by atoms with Crippen molar-refractivity contribution in [3.63, 3.8) is 0 Å². The summed E-state index contributed by atoms with van der Waals surface area (Å²) >= 11 is 0. The Morgan fingerprint density at radius 1 is 0.929 bits per heavy atom. The van der Waals surface area contributed by atoms with Crippen LogP contribution in [0.2, 0.25) is 0 Å². The molecule has 0 bridgehead atoms. The zero-order chi connectivity index (χ0) is 30.1. The highest BCUT2D eigenvalue weighted by atomic mass is 16.4. The molecule has 4 rings (SSSR count). The molecule has 0 aliphatic rings. The number of rotatable bonds is 9. The minimum atomic E-state index is -1.82. The number of carbonyl (C=O) groups excluding carboxylic acids is 2. The van der Waals surface area contributed by atoms with E-state index in [1.807, 2.05) is 0 Å². The summed E-state index contributed by atoms with van der Waals surface area (Å²) in [4.78, 5) is 37.1. The van der Waals surface area contributed by atoms with E-state index in [-0.39, 0.29) is 33.7 Å². The Morgan fingerprint density at radius 3 is 2.29 bits per heavy atom. The van der Waals surface area contributed by atoms with Crippen molar-refractivity contribution >= 4 is 47.8 Å². The molecule has 13 heteroatoms. The highest BCUT2D eigenvalue weighted by Gasteiger charge is 2.14. The van der Waals surface area contributed by atoms with Crippen LogP contribution >= 0.6 is 0 Å². The van der Waals surface area contributed by atoms with Crippen LogP contribution in [-0.2, 0) is 0 Å². The second-order valence-electron chi connectivity index (χ2n) is 8.93. The van der Waals surface area contributed by atoms with Crippen molar-refractivity contribution in [2.24, 2.45) is 10.2 Å². The number of aromatic hydroxyl groups is 1. The molecule has 0 spiro atoms. The first kappa shape index (κ1) is 29.5. The summed E-state index contributed by atoms with van der Waals surface area (Å²) in [5, 5.41) is 36.9. The molecule has 42 heavy (non-hydrogen) atoms. The normalized spacial score (nSPS) is 11.0. The Labute approximate surface area is 239 Å². The van der Waals surface area contributed by atoms with E-state index in [1.54, 1.807) is 12.1 Å². The van der Waals surface area contributed by atoms with Crippen LogP contribution < -0.4 is 21.7 Å². The van der Waals surface area contributed by atoms with Crippen LogP contribution in [-0.4, -0.2) is 46.5 Å². The molecule has 12 nitrogen and oxygen atoms in total. The van der Waals surface area contributed by atoms with E-state index in [1.165, 1.54) is 48.8 Å². The molecular formula is C29H25BN4O8. The van der Waals surface area contributed by atoms with Gasteiger partial charge < -0.3 is 24.0 Å². The summed E-state index contributed by atoms with van der Waals surface area (Å²) in [6.45, 7) is 2.07. The van der Waals surface area contributed by atoms with Gasteiger partial charge in [-0.05, 0) is 59.3 Å². The van der Waals surface area contributed by atoms with Crippen molar-refractivity contribution in [3.05, 3.63) is 93.2 Å². The van der Waals surface area contributed by atoms with Crippen LogP contribution in [0.4, 0.5) is 0 Å². The molecule has 0 aliphatic heterocycles. The van der Waals surface area contributed by atoms with Crippen molar-refractivity contribution in [1.82, 2.24) is 10.9 Å². The number of carbonyl (C=O) groups is 2. The Kier molecular flexibility index (Phi) is 9.67. The maximum atomic E-state index is 12.5. The second kappa shape index (κ2) is 13.8. The lowest BCUT2D eigenvalue weighted by Gasteiger charge is -2.05. The Hall–Kier alpha value is -5.45. The van der Waals surface area contributed by atoms with E-state index in [0.717, 1.165) is 25.3 Å². The molecule has 0 atom stereocenters. The van der Waals surface area contributed by atoms with E-state index in [4.69, 9.17) is 8.83 Å². The van der Waals surface area contributed by atoms with Crippen molar-refractivity contribution < 1.29 is 33.6 Å². The van der Waals surface area contributed by atoms with Gasteiger partial charge in [-0.15, -0.1) is 0 Å².